The molecule has 1 aliphatic carbocycles. The van der Waals surface area contributed by atoms with Crippen LogP contribution in [0, 0.1) is 13.8 Å². The van der Waals surface area contributed by atoms with Crippen LogP contribution in [0.4, 0.5) is 0 Å². The summed E-state index contributed by atoms with van der Waals surface area (Å²) >= 11 is 0. The van der Waals surface area contributed by atoms with Crippen molar-refractivity contribution in [3.05, 3.63) is 51.1 Å². The fourth-order valence-corrected chi connectivity index (χ4v) is 4.76. The van der Waals surface area contributed by atoms with Crippen LogP contribution in [-0.2, 0) is 18.6 Å². The molecule has 1 fully saturated rings. The molecule has 4 rings (SSSR count). The average Bonchev–Trinajstić information content (AvgIpc) is 3.41. The highest BCUT2D eigenvalue weighted by Crippen LogP contribution is 2.28. The summed E-state index contributed by atoms with van der Waals surface area (Å²) in [6.45, 7) is 11.9. The third kappa shape index (κ3) is 4.42. The molecule has 3 aromatic rings. The lowest BCUT2D eigenvalue weighted by Crippen LogP contribution is -2.37. The van der Waals surface area contributed by atoms with Gasteiger partial charge in [0.05, 0.1) is 17.6 Å². The van der Waals surface area contributed by atoms with Gasteiger partial charge in [0.2, 0.25) is 0 Å². The molecule has 2 heterocycles. The van der Waals surface area contributed by atoms with Crippen molar-refractivity contribution in [2.45, 2.75) is 91.4 Å². The fraction of sp³-hybridized carbons (Fsp3) is 0.583. The van der Waals surface area contributed by atoms with Crippen molar-refractivity contribution in [1.82, 2.24) is 30.1 Å². The highest BCUT2D eigenvalue weighted by molar-refractivity contribution is 5.82. The lowest BCUT2D eigenvalue weighted by atomic mass is 10.0. The number of pyridine rings is 1. The van der Waals surface area contributed by atoms with E-state index in [4.69, 9.17) is 0 Å². The monoisotopic (exact) mass is 422 g/mol. The van der Waals surface area contributed by atoms with E-state index in [1.54, 1.807) is 0 Å². The Kier molecular flexibility index (Phi) is 5.97. The van der Waals surface area contributed by atoms with Crippen molar-refractivity contribution >= 4 is 10.9 Å². The maximum atomic E-state index is 13.0. The van der Waals surface area contributed by atoms with Crippen molar-refractivity contribution < 1.29 is 0 Å². The quantitative estimate of drug-likeness (QED) is 0.617. The largest absolute Gasteiger partial charge is 0.321 e. The SMILES string of the molecule is CCC(C)(C)n1nnnc1CN(Cc1cc2cc(C)cc(C)c2[nH]c1=O)C1CCCC1. The third-order valence-electron chi connectivity index (χ3n) is 6.90. The van der Waals surface area contributed by atoms with E-state index in [2.05, 4.69) is 71.3 Å². The van der Waals surface area contributed by atoms with Crippen LogP contribution >= 0.6 is 0 Å². The van der Waals surface area contributed by atoms with Gasteiger partial charge in [-0.05, 0) is 80.5 Å². The molecule has 0 unspecified atom stereocenters. The predicted molar refractivity (Wildman–Crippen MR) is 123 cm³/mol. The Labute approximate surface area is 183 Å². The third-order valence-corrected chi connectivity index (χ3v) is 6.90. The summed E-state index contributed by atoms with van der Waals surface area (Å²) in [5, 5.41) is 13.7. The number of aromatic nitrogens is 5. The van der Waals surface area contributed by atoms with E-state index >= 15 is 0 Å². The summed E-state index contributed by atoms with van der Waals surface area (Å²) in [5.41, 5.74) is 3.90. The van der Waals surface area contributed by atoms with Crippen LogP contribution in [0.2, 0.25) is 0 Å². The fourth-order valence-electron chi connectivity index (χ4n) is 4.76. The summed E-state index contributed by atoms with van der Waals surface area (Å²) in [4.78, 5) is 18.5. The van der Waals surface area contributed by atoms with Gasteiger partial charge < -0.3 is 4.98 Å². The van der Waals surface area contributed by atoms with E-state index < -0.39 is 0 Å². The first-order valence-corrected chi connectivity index (χ1v) is 11.4. The molecule has 2 aromatic heterocycles. The van der Waals surface area contributed by atoms with Crippen LogP contribution in [0.25, 0.3) is 10.9 Å². The molecule has 1 saturated carbocycles. The van der Waals surface area contributed by atoms with E-state index in [0.717, 1.165) is 47.1 Å². The smallest absolute Gasteiger partial charge is 0.252 e. The zero-order valence-electron chi connectivity index (χ0n) is 19.4. The number of tetrazole rings is 1. The lowest BCUT2D eigenvalue weighted by molar-refractivity contribution is 0.164. The summed E-state index contributed by atoms with van der Waals surface area (Å²) < 4.78 is 1.95. The van der Waals surface area contributed by atoms with Crippen molar-refractivity contribution in [3.8, 4) is 0 Å². The Morgan fingerprint density at radius 3 is 2.61 bits per heavy atom. The van der Waals surface area contributed by atoms with E-state index in [-0.39, 0.29) is 11.1 Å². The number of H-pyrrole nitrogens is 1. The normalized spacial score (nSPS) is 15.4. The van der Waals surface area contributed by atoms with Crippen molar-refractivity contribution in [1.29, 1.82) is 0 Å². The van der Waals surface area contributed by atoms with E-state index in [1.165, 1.54) is 18.4 Å². The first-order chi connectivity index (χ1) is 14.8. The second kappa shape index (κ2) is 8.54. The second-order valence-electron chi connectivity index (χ2n) is 9.69. The maximum absolute atomic E-state index is 13.0. The van der Waals surface area contributed by atoms with Crippen LogP contribution in [0.3, 0.4) is 0 Å². The zero-order valence-corrected chi connectivity index (χ0v) is 19.4. The van der Waals surface area contributed by atoms with Gasteiger partial charge in [-0.15, -0.1) is 5.10 Å². The molecule has 0 radical (unpaired) electrons. The Morgan fingerprint density at radius 1 is 1.16 bits per heavy atom. The van der Waals surface area contributed by atoms with Gasteiger partial charge >= 0.3 is 0 Å². The highest BCUT2D eigenvalue weighted by atomic mass is 16.1. The van der Waals surface area contributed by atoms with E-state index in [0.29, 0.717) is 19.1 Å². The van der Waals surface area contributed by atoms with Gasteiger partial charge in [0.15, 0.2) is 5.82 Å². The van der Waals surface area contributed by atoms with Crippen molar-refractivity contribution in [3.63, 3.8) is 0 Å². The predicted octanol–water partition coefficient (Wildman–Crippen LogP) is 4.22. The minimum atomic E-state index is -0.143. The molecule has 0 spiro atoms. The molecule has 0 aliphatic heterocycles. The van der Waals surface area contributed by atoms with Crippen molar-refractivity contribution in [2.75, 3.05) is 0 Å². The molecule has 1 N–H and O–H groups in total. The molecule has 0 amide bonds. The van der Waals surface area contributed by atoms with Crippen LogP contribution < -0.4 is 5.56 Å². The molecule has 1 aromatic carbocycles. The number of benzene rings is 1. The van der Waals surface area contributed by atoms with Gasteiger partial charge in [0.1, 0.15) is 0 Å². The molecule has 7 nitrogen and oxygen atoms in total. The molecular formula is C24H34N6O. The van der Waals surface area contributed by atoms with Crippen molar-refractivity contribution in [2.24, 2.45) is 0 Å². The second-order valence-corrected chi connectivity index (χ2v) is 9.69. The zero-order chi connectivity index (χ0) is 22.2. The summed E-state index contributed by atoms with van der Waals surface area (Å²) in [6, 6.07) is 6.77. The summed E-state index contributed by atoms with van der Waals surface area (Å²) in [7, 11) is 0. The number of hydrogen-bond donors (Lipinski definition) is 1. The number of aromatic amines is 1. The molecule has 0 saturated heterocycles. The molecular weight excluding hydrogens is 388 g/mol. The van der Waals surface area contributed by atoms with Gasteiger partial charge in [-0.2, -0.15) is 0 Å². The lowest BCUT2D eigenvalue weighted by Gasteiger charge is -2.30. The number of rotatable bonds is 7. The summed E-state index contributed by atoms with van der Waals surface area (Å²) in [6.07, 6.45) is 5.72. The topological polar surface area (TPSA) is 79.7 Å². The Morgan fingerprint density at radius 2 is 1.90 bits per heavy atom. The minimum Gasteiger partial charge on any atom is -0.321 e. The Bertz CT molecular complexity index is 1120. The standard InChI is InChI=1S/C24H34N6O/c1-6-24(4,5)30-21(26-27-28-30)15-29(20-9-7-8-10-20)14-19-13-18-12-16(2)11-17(3)22(18)25-23(19)31/h11-13,20H,6-10,14-15H2,1-5H3,(H,25,31). The molecule has 7 heteroatoms. The number of nitrogens with one attached hydrogen (secondary N) is 1. The van der Waals surface area contributed by atoms with Crippen LogP contribution in [0.5, 0.6) is 0 Å². The van der Waals surface area contributed by atoms with Gasteiger partial charge in [0, 0.05) is 18.2 Å². The first-order valence-electron chi connectivity index (χ1n) is 11.4. The minimum absolute atomic E-state index is 0.00377. The molecule has 166 valence electrons. The van der Waals surface area contributed by atoms with Crippen LogP contribution in [-0.4, -0.2) is 36.1 Å². The molecule has 0 bridgehead atoms. The van der Waals surface area contributed by atoms with E-state index in [9.17, 15) is 4.79 Å². The number of fused-ring (bicyclic) bond motifs is 1. The van der Waals surface area contributed by atoms with Gasteiger partial charge in [-0.25, -0.2) is 4.68 Å². The highest BCUT2D eigenvalue weighted by Gasteiger charge is 2.28. The van der Waals surface area contributed by atoms with E-state index in [1.807, 2.05) is 11.6 Å². The maximum Gasteiger partial charge on any atom is 0.252 e. The average molecular weight is 423 g/mol. The molecule has 31 heavy (non-hydrogen) atoms. The number of nitrogens with zero attached hydrogens (tertiary/aromatic N) is 5. The first kappa shape index (κ1) is 21.7. The molecule has 0 atom stereocenters. The number of aryl methyl sites for hydroxylation is 2. The Balaban J connectivity index is 1.68. The Hall–Kier alpha value is -2.54. The van der Waals surface area contributed by atoms with Crippen LogP contribution in [0.1, 0.15) is 75.4 Å². The molecule has 1 aliphatic rings. The summed E-state index contributed by atoms with van der Waals surface area (Å²) in [5.74, 6) is 0.864. The van der Waals surface area contributed by atoms with Gasteiger partial charge in [-0.1, -0.05) is 31.4 Å². The van der Waals surface area contributed by atoms with Gasteiger partial charge in [-0.3, -0.25) is 9.69 Å². The number of hydrogen-bond acceptors (Lipinski definition) is 5. The van der Waals surface area contributed by atoms with Crippen LogP contribution in [0.15, 0.2) is 23.0 Å². The van der Waals surface area contributed by atoms with Gasteiger partial charge in [0.25, 0.3) is 5.56 Å².